The Balaban J connectivity index is 2.07. The summed E-state index contributed by atoms with van der Waals surface area (Å²) in [6.07, 6.45) is 0. The third-order valence-electron chi connectivity index (χ3n) is 3.33. The van der Waals surface area contributed by atoms with E-state index in [2.05, 4.69) is 41.3 Å². The van der Waals surface area contributed by atoms with Crippen LogP contribution in [0.25, 0.3) is 16.9 Å². The Bertz CT molecular complexity index is 806. The zero-order chi connectivity index (χ0) is 15.0. The second kappa shape index (κ2) is 4.97. The van der Waals surface area contributed by atoms with Gasteiger partial charge in [0.05, 0.1) is 5.69 Å². The van der Waals surface area contributed by atoms with E-state index in [1.165, 1.54) is 10.1 Å². The molecule has 0 radical (unpaired) electrons. The molecule has 1 N–H and O–H groups in total. The predicted octanol–water partition coefficient (Wildman–Crippen LogP) is 2.61. The van der Waals surface area contributed by atoms with Crippen LogP contribution >= 0.6 is 0 Å². The van der Waals surface area contributed by atoms with Crippen LogP contribution in [0.2, 0.25) is 0 Å². The van der Waals surface area contributed by atoms with Crippen molar-refractivity contribution in [3.8, 4) is 11.3 Å². The highest BCUT2D eigenvalue weighted by atomic mass is 16.4. The Morgan fingerprint density at radius 3 is 2.43 bits per heavy atom. The largest absolute Gasteiger partial charge is 0.475 e. The summed E-state index contributed by atoms with van der Waals surface area (Å²) in [5.41, 5.74) is 3.26. The van der Waals surface area contributed by atoms with Crippen molar-refractivity contribution in [1.29, 1.82) is 0 Å². The fourth-order valence-corrected chi connectivity index (χ4v) is 2.11. The van der Waals surface area contributed by atoms with Crippen LogP contribution in [0.3, 0.4) is 0 Å². The second-order valence-electron chi connectivity index (χ2n) is 5.09. The zero-order valence-corrected chi connectivity index (χ0v) is 11.7. The van der Waals surface area contributed by atoms with Gasteiger partial charge in [-0.15, -0.1) is 10.2 Å². The van der Waals surface area contributed by atoms with Gasteiger partial charge in [0.25, 0.3) is 5.82 Å². The number of hydrogen-bond donors (Lipinski definition) is 1. The van der Waals surface area contributed by atoms with Gasteiger partial charge in [0.2, 0.25) is 0 Å². The van der Waals surface area contributed by atoms with E-state index >= 15 is 0 Å². The van der Waals surface area contributed by atoms with Crippen LogP contribution in [0.1, 0.15) is 35.9 Å². The standard InChI is InChI=1S/C15H14N4O2/c1-9(2)10-3-5-11(6-4-10)12-7-8-13-16-17-14(15(20)21)19(13)18-12/h3-9H,1-2H3,(H,20,21). The number of fused-ring (bicyclic) bond motifs is 1. The van der Waals surface area contributed by atoms with Crippen molar-refractivity contribution < 1.29 is 9.90 Å². The lowest BCUT2D eigenvalue weighted by Crippen LogP contribution is -2.06. The molecule has 2 aromatic heterocycles. The molecule has 0 atom stereocenters. The molecule has 1 aromatic carbocycles. The van der Waals surface area contributed by atoms with Gasteiger partial charge >= 0.3 is 5.97 Å². The summed E-state index contributed by atoms with van der Waals surface area (Å²) >= 11 is 0. The van der Waals surface area contributed by atoms with Gasteiger partial charge in [0, 0.05) is 5.56 Å². The lowest BCUT2D eigenvalue weighted by Gasteiger charge is -2.06. The summed E-state index contributed by atoms with van der Waals surface area (Å²) in [6, 6.07) is 11.6. The van der Waals surface area contributed by atoms with Gasteiger partial charge in [-0.05, 0) is 23.6 Å². The lowest BCUT2D eigenvalue weighted by molar-refractivity contribution is 0.0680. The van der Waals surface area contributed by atoms with Gasteiger partial charge in [-0.3, -0.25) is 0 Å². The summed E-state index contributed by atoms with van der Waals surface area (Å²) in [6.45, 7) is 4.27. The summed E-state index contributed by atoms with van der Waals surface area (Å²) < 4.78 is 1.24. The molecule has 3 aromatic rings. The van der Waals surface area contributed by atoms with Crippen LogP contribution < -0.4 is 0 Å². The van der Waals surface area contributed by atoms with Crippen molar-refractivity contribution in [1.82, 2.24) is 19.8 Å². The number of benzene rings is 1. The molecular formula is C15H14N4O2. The van der Waals surface area contributed by atoms with Gasteiger partial charge < -0.3 is 5.11 Å². The highest BCUT2D eigenvalue weighted by Crippen LogP contribution is 2.21. The van der Waals surface area contributed by atoms with E-state index in [9.17, 15) is 4.79 Å². The second-order valence-corrected chi connectivity index (χ2v) is 5.09. The molecule has 0 saturated heterocycles. The Morgan fingerprint density at radius 2 is 1.81 bits per heavy atom. The van der Waals surface area contributed by atoms with Crippen LogP contribution in [0.5, 0.6) is 0 Å². The third kappa shape index (κ3) is 2.35. The van der Waals surface area contributed by atoms with E-state index in [1.54, 1.807) is 12.1 Å². The van der Waals surface area contributed by atoms with Crippen LogP contribution in [0, 0.1) is 0 Å². The molecule has 0 saturated carbocycles. The maximum Gasteiger partial charge on any atom is 0.375 e. The molecule has 0 fully saturated rings. The molecule has 6 nitrogen and oxygen atoms in total. The molecule has 0 aliphatic rings. The minimum atomic E-state index is -1.15. The van der Waals surface area contributed by atoms with E-state index in [1.807, 2.05) is 12.1 Å². The number of rotatable bonds is 3. The Labute approximate surface area is 121 Å². The first-order chi connectivity index (χ1) is 10.1. The maximum absolute atomic E-state index is 11.1. The number of hydrogen-bond acceptors (Lipinski definition) is 4. The SMILES string of the molecule is CC(C)c1ccc(-c2ccc3nnc(C(=O)O)n3n2)cc1. The monoisotopic (exact) mass is 282 g/mol. The van der Waals surface area contributed by atoms with Crippen molar-refractivity contribution in [2.75, 3.05) is 0 Å². The first kappa shape index (κ1) is 13.2. The number of aromatic carboxylic acids is 1. The van der Waals surface area contributed by atoms with E-state index in [0.717, 1.165) is 5.56 Å². The molecule has 3 rings (SSSR count). The number of carboxylic acids is 1. The van der Waals surface area contributed by atoms with Crippen LogP contribution in [-0.4, -0.2) is 30.9 Å². The highest BCUT2D eigenvalue weighted by molar-refractivity contribution is 5.84. The number of carbonyl (C=O) groups is 1. The van der Waals surface area contributed by atoms with Crippen molar-refractivity contribution in [3.05, 3.63) is 47.8 Å². The maximum atomic E-state index is 11.1. The fourth-order valence-electron chi connectivity index (χ4n) is 2.11. The molecule has 106 valence electrons. The van der Waals surface area contributed by atoms with E-state index in [4.69, 9.17) is 5.11 Å². The average molecular weight is 282 g/mol. The zero-order valence-electron chi connectivity index (χ0n) is 11.7. The number of nitrogens with zero attached hydrogens (tertiary/aromatic N) is 4. The van der Waals surface area contributed by atoms with Gasteiger partial charge in [0.1, 0.15) is 0 Å². The van der Waals surface area contributed by atoms with Crippen LogP contribution in [0.4, 0.5) is 0 Å². The van der Waals surface area contributed by atoms with Gasteiger partial charge in [-0.25, -0.2) is 4.79 Å². The smallest absolute Gasteiger partial charge is 0.375 e. The van der Waals surface area contributed by atoms with Crippen molar-refractivity contribution in [2.45, 2.75) is 19.8 Å². The normalized spacial score (nSPS) is 11.2. The Kier molecular flexibility index (Phi) is 3.13. The van der Waals surface area contributed by atoms with Gasteiger partial charge in [-0.2, -0.15) is 9.61 Å². The number of aromatic nitrogens is 4. The topological polar surface area (TPSA) is 80.4 Å². The lowest BCUT2D eigenvalue weighted by atomic mass is 10.0. The third-order valence-corrected chi connectivity index (χ3v) is 3.33. The molecule has 0 amide bonds. The average Bonchev–Trinajstić information content (AvgIpc) is 2.90. The van der Waals surface area contributed by atoms with E-state index < -0.39 is 5.97 Å². The molecule has 0 aliphatic heterocycles. The Hall–Kier alpha value is -2.76. The van der Waals surface area contributed by atoms with Crippen LogP contribution in [-0.2, 0) is 0 Å². The summed E-state index contributed by atoms with van der Waals surface area (Å²) in [4.78, 5) is 11.1. The molecule has 6 heteroatoms. The molecule has 21 heavy (non-hydrogen) atoms. The van der Waals surface area contributed by atoms with Crippen LogP contribution in [0.15, 0.2) is 36.4 Å². The van der Waals surface area contributed by atoms with E-state index in [-0.39, 0.29) is 5.82 Å². The first-order valence-electron chi connectivity index (χ1n) is 6.62. The summed E-state index contributed by atoms with van der Waals surface area (Å²) in [5, 5.41) is 20.8. The summed E-state index contributed by atoms with van der Waals surface area (Å²) in [7, 11) is 0. The van der Waals surface area contributed by atoms with Crippen molar-refractivity contribution >= 4 is 11.6 Å². The predicted molar refractivity (Wildman–Crippen MR) is 77.3 cm³/mol. The van der Waals surface area contributed by atoms with Gasteiger partial charge in [0.15, 0.2) is 5.65 Å². The van der Waals surface area contributed by atoms with Gasteiger partial charge in [-0.1, -0.05) is 38.1 Å². The van der Waals surface area contributed by atoms with Crippen molar-refractivity contribution in [2.24, 2.45) is 0 Å². The van der Waals surface area contributed by atoms with E-state index in [0.29, 0.717) is 17.3 Å². The fraction of sp³-hybridized carbons (Fsp3) is 0.200. The highest BCUT2D eigenvalue weighted by Gasteiger charge is 2.14. The first-order valence-corrected chi connectivity index (χ1v) is 6.62. The summed E-state index contributed by atoms with van der Waals surface area (Å²) in [5.74, 6) is -0.876. The molecule has 0 spiro atoms. The molecule has 2 heterocycles. The molecule has 0 aliphatic carbocycles. The minimum Gasteiger partial charge on any atom is -0.475 e. The number of carboxylic acid groups (broad SMARTS) is 1. The minimum absolute atomic E-state index is 0.189. The molecule has 0 bridgehead atoms. The molecular weight excluding hydrogens is 268 g/mol. The quantitative estimate of drug-likeness (QED) is 0.798. The Morgan fingerprint density at radius 1 is 1.10 bits per heavy atom. The molecule has 0 unspecified atom stereocenters. The van der Waals surface area contributed by atoms with Crippen molar-refractivity contribution in [3.63, 3.8) is 0 Å².